The molecule has 5 nitrogen and oxygen atoms in total. The fourth-order valence-electron chi connectivity index (χ4n) is 2.26. The molecule has 1 aliphatic rings. The SMILES string of the molecule is CCC(C)C(=O)OCCOc1ccc(OCC2(CC)COC2)cc1. The largest absolute Gasteiger partial charge is 0.493 e. The number of carbonyl (C=O) groups excluding carboxylic acids is 1. The van der Waals surface area contributed by atoms with Crippen LogP contribution in [0.5, 0.6) is 11.5 Å². The van der Waals surface area contributed by atoms with Gasteiger partial charge in [-0.15, -0.1) is 0 Å². The predicted molar refractivity (Wildman–Crippen MR) is 91.4 cm³/mol. The lowest BCUT2D eigenvalue weighted by atomic mass is 9.84. The van der Waals surface area contributed by atoms with Crippen molar-refractivity contribution in [2.75, 3.05) is 33.0 Å². The maximum Gasteiger partial charge on any atom is 0.308 e. The fourth-order valence-corrected chi connectivity index (χ4v) is 2.26. The van der Waals surface area contributed by atoms with Crippen LogP contribution in [-0.4, -0.2) is 39.0 Å². The lowest BCUT2D eigenvalue weighted by Crippen LogP contribution is -2.46. The van der Waals surface area contributed by atoms with Crippen molar-refractivity contribution in [3.8, 4) is 11.5 Å². The summed E-state index contributed by atoms with van der Waals surface area (Å²) in [5.41, 5.74) is 0.175. The summed E-state index contributed by atoms with van der Waals surface area (Å²) < 4.78 is 21.9. The second-order valence-corrected chi connectivity index (χ2v) is 6.43. The van der Waals surface area contributed by atoms with E-state index >= 15 is 0 Å². The van der Waals surface area contributed by atoms with Crippen LogP contribution in [0.1, 0.15) is 33.6 Å². The predicted octanol–water partition coefficient (Wildman–Crippen LogP) is 3.46. The van der Waals surface area contributed by atoms with Gasteiger partial charge in [-0.25, -0.2) is 0 Å². The normalized spacial score (nSPS) is 16.8. The van der Waals surface area contributed by atoms with Crippen molar-refractivity contribution in [1.29, 1.82) is 0 Å². The summed E-state index contributed by atoms with van der Waals surface area (Å²) in [6.07, 6.45) is 1.84. The monoisotopic (exact) mass is 336 g/mol. The van der Waals surface area contributed by atoms with E-state index in [1.54, 1.807) is 0 Å². The number of esters is 1. The highest BCUT2D eigenvalue weighted by Crippen LogP contribution is 2.32. The number of hydrogen-bond acceptors (Lipinski definition) is 5. The Morgan fingerprint density at radius 3 is 2.25 bits per heavy atom. The highest BCUT2D eigenvalue weighted by Gasteiger charge is 2.37. The first-order valence-electron chi connectivity index (χ1n) is 8.68. The van der Waals surface area contributed by atoms with Gasteiger partial charge < -0.3 is 18.9 Å². The Labute approximate surface area is 144 Å². The third-order valence-electron chi connectivity index (χ3n) is 4.55. The molecule has 1 fully saturated rings. The third kappa shape index (κ3) is 5.13. The molecule has 5 heteroatoms. The lowest BCUT2D eigenvalue weighted by molar-refractivity contribution is -0.148. The zero-order valence-electron chi connectivity index (χ0n) is 14.9. The molecular weight excluding hydrogens is 308 g/mol. The van der Waals surface area contributed by atoms with E-state index in [1.807, 2.05) is 38.1 Å². The highest BCUT2D eigenvalue weighted by atomic mass is 16.6. The van der Waals surface area contributed by atoms with Crippen LogP contribution in [0.25, 0.3) is 0 Å². The zero-order valence-corrected chi connectivity index (χ0v) is 14.9. The molecule has 1 atom stereocenters. The van der Waals surface area contributed by atoms with Crippen molar-refractivity contribution < 1.29 is 23.7 Å². The number of carbonyl (C=O) groups is 1. The van der Waals surface area contributed by atoms with Crippen molar-refractivity contribution in [1.82, 2.24) is 0 Å². The summed E-state index contributed by atoms with van der Waals surface area (Å²) in [5.74, 6) is 1.33. The number of benzene rings is 1. The molecule has 0 aromatic heterocycles. The van der Waals surface area contributed by atoms with Crippen molar-refractivity contribution in [3.05, 3.63) is 24.3 Å². The van der Waals surface area contributed by atoms with Gasteiger partial charge in [0.25, 0.3) is 0 Å². The molecule has 2 rings (SSSR count). The molecule has 0 bridgehead atoms. The quantitative estimate of drug-likeness (QED) is 0.484. The molecule has 0 radical (unpaired) electrons. The minimum atomic E-state index is -0.172. The van der Waals surface area contributed by atoms with Gasteiger partial charge in [-0.2, -0.15) is 0 Å². The van der Waals surface area contributed by atoms with E-state index in [4.69, 9.17) is 18.9 Å². The maximum absolute atomic E-state index is 11.5. The molecule has 1 heterocycles. The van der Waals surface area contributed by atoms with Gasteiger partial charge in [-0.3, -0.25) is 4.79 Å². The molecule has 1 aliphatic heterocycles. The summed E-state index contributed by atoms with van der Waals surface area (Å²) in [4.78, 5) is 11.5. The smallest absolute Gasteiger partial charge is 0.308 e. The number of rotatable bonds is 10. The first-order chi connectivity index (χ1) is 11.6. The first kappa shape index (κ1) is 18.6. The van der Waals surface area contributed by atoms with Crippen LogP contribution in [0.2, 0.25) is 0 Å². The standard InChI is InChI=1S/C19H28O5/c1-4-15(3)18(20)23-11-10-22-16-6-8-17(9-7-16)24-14-19(5-2)12-21-13-19/h6-9,15H,4-5,10-14H2,1-3H3. The van der Waals surface area contributed by atoms with E-state index in [-0.39, 0.29) is 23.9 Å². The molecule has 0 saturated carbocycles. The Kier molecular flexibility index (Phi) is 6.91. The van der Waals surface area contributed by atoms with Crippen molar-refractivity contribution >= 4 is 5.97 Å². The van der Waals surface area contributed by atoms with Crippen LogP contribution in [0.15, 0.2) is 24.3 Å². The summed E-state index contributed by atoms with van der Waals surface area (Å²) in [7, 11) is 0. The Hall–Kier alpha value is -1.75. The Morgan fingerprint density at radius 1 is 1.12 bits per heavy atom. The van der Waals surface area contributed by atoms with Crippen LogP contribution >= 0.6 is 0 Å². The summed E-state index contributed by atoms with van der Waals surface area (Å²) in [6.45, 7) is 8.83. The second-order valence-electron chi connectivity index (χ2n) is 6.43. The second kappa shape index (κ2) is 8.92. The van der Waals surface area contributed by atoms with Gasteiger partial charge in [-0.1, -0.05) is 20.8 Å². The number of ether oxygens (including phenoxy) is 4. The van der Waals surface area contributed by atoms with Gasteiger partial charge in [0.2, 0.25) is 0 Å². The van der Waals surface area contributed by atoms with E-state index in [2.05, 4.69) is 6.92 Å². The highest BCUT2D eigenvalue weighted by molar-refractivity contribution is 5.71. The average molecular weight is 336 g/mol. The topological polar surface area (TPSA) is 54.0 Å². The minimum Gasteiger partial charge on any atom is -0.493 e. The molecule has 1 aromatic rings. The van der Waals surface area contributed by atoms with Gasteiger partial charge in [0.1, 0.15) is 24.7 Å². The van der Waals surface area contributed by atoms with Crippen LogP contribution in [0.3, 0.4) is 0 Å². The van der Waals surface area contributed by atoms with Gasteiger partial charge in [0, 0.05) is 0 Å². The third-order valence-corrected chi connectivity index (χ3v) is 4.55. The Balaban J connectivity index is 1.67. The average Bonchev–Trinajstić information content (AvgIpc) is 2.58. The summed E-state index contributed by atoms with van der Waals surface area (Å²) in [6, 6.07) is 7.51. The molecule has 1 unspecified atom stereocenters. The summed E-state index contributed by atoms with van der Waals surface area (Å²) in [5, 5.41) is 0. The van der Waals surface area contributed by atoms with Crippen LogP contribution in [0, 0.1) is 11.3 Å². The molecule has 134 valence electrons. The van der Waals surface area contributed by atoms with E-state index in [0.29, 0.717) is 13.2 Å². The summed E-state index contributed by atoms with van der Waals surface area (Å²) >= 11 is 0. The van der Waals surface area contributed by atoms with Crippen LogP contribution < -0.4 is 9.47 Å². The molecule has 0 aliphatic carbocycles. The van der Waals surface area contributed by atoms with E-state index in [0.717, 1.165) is 37.6 Å². The van der Waals surface area contributed by atoms with E-state index in [1.165, 1.54) is 0 Å². The van der Waals surface area contributed by atoms with E-state index in [9.17, 15) is 4.79 Å². The van der Waals surface area contributed by atoms with Crippen LogP contribution in [0.4, 0.5) is 0 Å². The van der Waals surface area contributed by atoms with Gasteiger partial charge >= 0.3 is 5.97 Å². The molecule has 1 aromatic carbocycles. The molecular formula is C19H28O5. The number of hydrogen-bond donors (Lipinski definition) is 0. The molecule has 0 amide bonds. The van der Waals surface area contributed by atoms with Crippen LogP contribution in [-0.2, 0) is 14.3 Å². The van der Waals surface area contributed by atoms with Gasteiger partial charge in [0.15, 0.2) is 0 Å². The van der Waals surface area contributed by atoms with Gasteiger partial charge in [-0.05, 0) is 37.1 Å². The minimum absolute atomic E-state index is 0.0612. The maximum atomic E-state index is 11.5. The molecule has 0 spiro atoms. The Morgan fingerprint density at radius 2 is 1.75 bits per heavy atom. The molecule has 1 saturated heterocycles. The zero-order chi connectivity index (χ0) is 17.4. The first-order valence-corrected chi connectivity index (χ1v) is 8.68. The Bertz CT molecular complexity index is 501. The molecule has 0 N–H and O–H groups in total. The van der Waals surface area contributed by atoms with Crippen molar-refractivity contribution in [2.24, 2.45) is 11.3 Å². The lowest BCUT2D eigenvalue weighted by Gasteiger charge is -2.40. The fraction of sp³-hybridized carbons (Fsp3) is 0.632. The van der Waals surface area contributed by atoms with E-state index < -0.39 is 0 Å². The van der Waals surface area contributed by atoms with Gasteiger partial charge in [0.05, 0.1) is 31.2 Å². The van der Waals surface area contributed by atoms with Crippen molar-refractivity contribution in [3.63, 3.8) is 0 Å². The van der Waals surface area contributed by atoms with Crippen molar-refractivity contribution in [2.45, 2.75) is 33.6 Å². The molecule has 24 heavy (non-hydrogen) atoms.